The van der Waals surface area contributed by atoms with Crippen molar-refractivity contribution >= 4 is 50.8 Å². The normalized spacial score (nSPS) is 13.3. The lowest BCUT2D eigenvalue weighted by Gasteiger charge is -2.49. The predicted molar refractivity (Wildman–Crippen MR) is 266 cm³/mol. The van der Waals surface area contributed by atoms with Gasteiger partial charge < -0.3 is 9.32 Å². The second-order valence-electron chi connectivity index (χ2n) is 16.7. The molecule has 64 heavy (non-hydrogen) atoms. The van der Waals surface area contributed by atoms with Crippen molar-refractivity contribution in [2.45, 2.75) is 15.2 Å². The van der Waals surface area contributed by atoms with E-state index in [1.165, 1.54) is 76.6 Å². The minimum Gasteiger partial charge on any atom is -0.454 e. The van der Waals surface area contributed by atoms with E-state index in [1.54, 1.807) is 0 Å². The largest absolute Gasteiger partial charge is 0.454 e. The highest BCUT2D eigenvalue weighted by Gasteiger charge is 2.51. The first-order chi connectivity index (χ1) is 31.8. The smallest absolute Gasteiger partial charge is 0.159 e. The molecule has 0 bridgehead atoms. The number of hydrogen-bond acceptors (Lipinski definition) is 3. The predicted octanol–water partition coefficient (Wildman–Crippen LogP) is 16.9. The van der Waals surface area contributed by atoms with Crippen molar-refractivity contribution in [3.8, 4) is 44.5 Å². The molecule has 2 aliphatic heterocycles. The van der Waals surface area contributed by atoms with Gasteiger partial charge in [0.2, 0.25) is 0 Å². The summed E-state index contributed by atoms with van der Waals surface area (Å²) in [6, 6.07) is 86.8. The molecule has 0 atom stereocenters. The van der Waals surface area contributed by atoms with E-state index in [1.807, 2.05) is 11.8 Å². The van der Waals surface area contributed by atoms with Crippen LogP contribution in [0.4, 0.5) is 17.1 Å². The molecule has 1 spiro atoms. The Kier molecular flexibility index (Phi) is 8.40. The van der Waals surface area contributed by atoms with Gasteiger partial charge in [0.1, 0.15) is 5.58 Å². The monoisotopic (exact) mass is 833 g/mol. The first-order valence-corrected chi connectivity index (χ1v) is 22.7. The standard InChI is InChI=1S/C61H39NOS/c1-3-18-40(19-4-1)44-22-7-9-24-46(44)42-34-36-54-52(38-42)61(50-28-12-15-32-58(50)64-59-33-16-13-29-51(59)61)53-39-43(47-25-10-8-23-45(47)41-20-5-2-6-21-41)35-37-55(53)62(54)56-30-17-27-49-48-26-11-14-31-57(48)63-60(49)56/h1-39H. The van der Waals surface area contributed by atoms with E-state index >= 15 is 0 Å². The Hall–Kier alpha value is -7.85. The topological polar surface area (TPSA) is 16.4 Å². The van der Waals surface area contributed by atoms with Crippen LogP contribution >= 0.6 is 11.8 Å². The van der Waals surface area contributed by atoms with Gasteiger partial charge in [0.15, 0.2) is 5.58 Å². The quantitative estimate of drug-likeness (QED) is 0.172. The Labute approximate surface area is 376 Å². The molecule has 13 rings (SSSR count). The molecule has 3 heterocycles. The van der Waals surface area contributed by atoms with Gasteiger partial charge in [-0.15, -0.1) is 0 Å². The molecule has 3 heteroatoms. The van der Waals surface area contributed by atoms with Crippen molar-refractivity contribution in [1.82, 2.24) is 0 Å². The van der Waals surface area contributed by atoms with Gasteiger partial charge in [-0.3, -0.25) is 0 Å². The SMILES string of the molecule is c1ccc(-c2ccccc2-c2ccc3c(c2)C2(c4ccccc4Sc4ccccc42)c2cc(-c4ccccc4-c4ccccc4)ccc2N3c2cccc3c2oc2ccccc23)cc1. The highest BCUT2D eigenvalue weighted by atomic mass is 32.2. The van der Waals surface area contributed by atoms with Crippen molar-refractivity contribution in [3.63, 3.8) is 0 Å². The first kappa shape index (κ1) is 36.8. The third-order valence-electron chi connectivity index (χ3n) is 13.4. The molecule has 0 aliphatic carbocycles. The van der Waals surface area contributed by atoms with E-state index < -0.39 is 5.41 Å². The first-order valence-electron chi connectivity index (χ1n) is 21.9. The average Bonchev–Trinajstić information content (AvgIpc) is 3.76. The van der Waals surface area contributed by atoms with Crippen LogP contribution in [-0.4, -0.2) is 0 Å². The minimum atomic E-state index is -0.698. The molecule has 1 aromatic heterocycles. The van der Waals surface area contributed by atoms with Crippen LogP contribution in [0.3, 0.4) is 0 Å². The van der Waals surface area contributed by atoms with Crippen molar-refractivity contribution in [3.05, 3.63) is 259 Å². The molecular weight excluding hydrogens is 795 g/mol. The van der Waals surface area contributed by atoms with Crippen molar-refractivity contribution < 1.29 is 4.42 Å². The summed E-state index contributed by atoms with van der Waals surface area (Å²) < 4.78 is 6.89. The molecular formula is C61H39NOS. The average molecular weight is 834 g/mol. The van der Waals surface area contributed by atoms with E-state index in [-0.39, 0.29) is 0 Å². The molecule has 0 unspecified atom stereocenters. The van der Waals surface area contributed by atoms with Crippen LogP contribution in [-0.2, 0) is 5.41 Å². The van der Waals surface area contributed by atoms with E-state index in [2.05, 4.69) is 241 Å². The van der Waals surface area contributed by atoms with Crippen molar-refractivity contribution in [1.29, 1.82) is 0 Å². The zero-order chi connectivity index (χ0) is 42.2. The number of hydrogen-bond donors (Lipinski definition) is 0. The Morgan fingerprint density at radius 2 is 0.781 bits per heavy atom. The minimum absolute atomic E-state index is 0.698. The van der Waals surface area contributed by atoms with Gasteiger partial charge in [-0.2, -0.15) is 0 Å². The lowest BCUT2D eigenvalue weighted by Crippen LogP contribution is -2.39. The van der Waals surface area contributed by atoms with Crippen LogP contribution < -0.4 is 4.90 Å². The maximum absolute atomic E-state index is 6.89. The Bertz CT molecular complexity index is 3420. The third-order valence-corrected chi connectivity index (χ3v) is 14.5. The van der Waals surface area contributed by atoms with Gasteiger partial charge in [-0.25, -0.2) is 0 Å². The summed E-state index contributed by atoms with van der Waals surface area (Å²) in [4.78, 5) is 5.00. The van der Waals surface area contributed by atoms with Crippen LogP contribution in [0, 0.1) is 0 Å². The lowest BCUT2D eigenvalue weighted by molar-refractivity contribution is 0.666. The highest BCUT2D eigenvalue weighted by Crippen LogP contribution is 2.64. The van der Waals surface area contributed by atoms with E-state index in [9.17, 15) is 0 Å². The third kappa shape index (κ3) is 5.48. The number of para-hydroxylation sites is 2. The van der Waals surface area contributed by atoms with E-state index in [4.69, 9.17) is 4.42 Å². The summed E-state index contributed by atoms with van der Waals surface area (Å²) in [7, 11) is 0. The molecule has 0 N–H and O–H groups in total. The molecule has 2 aliphatic rings. The highest BCUT2D eigenvalue weighted by molar-refractivity contribution is 7.99. The van der Waals surface area contributed by atoms with Crippen molar-refractivity contribution in [2.75, 3.05) is 4.90 Å². The summed E-state index contributed by atoms with van der Waals surface area (Å²) in [5, 5.41) is 2.21. The molecule has 0 saturated carbocycles. The number of furan rings is 1. The van der Waals surface area contributed by atoms with Gasteiger partial charge in [-0.1, -0.05) is 200 Å². The van der Waals surface area contributed by atoms with Gasteiger partial charge in [0.05, 0.1) is 22.5 Å². The zero-order valence-corrected chi connectivity index (χ0v) is 35.6. The summed E-state index contributed by atoms with van der Waals surface area (Å²) in [6.07, 6.45) is 0. The molecule has 0 fully saturated rings. The Balaban J connectivity index is 1.18. The van der Waals surface area contributed by atoms with Gasteiger partial charge in [0.25, 0.3) is 0 Å². The van der Waals surface area contributed by atoms with Crippen LogP contribution in [0.25, 0.3) is 66.4 Å². The van der Waals surface area contributed by atoms with Crippen LogP contribution in [0.1, 0.15) is 22.3 Å². The molecule has 2 nitrogen and oxygen atoms in total. The molecule has 0 radical (unpaired) electrons. The Morgan fingerprint density at radius 1 is 0.328 bits per heavy atom. The zero-order valence-electron chi connectivity index (χ0n) is 34.8. The van der Waals surface area contributed by atoms with Gasteiger partial charge in [0, 0.05) is 20.6 Å². The fourth-order valence-electron chi connectivity index (χ4n) is 10.6. The maximum atomic E-state index is 6.89. The van der Waals surface area contributed by atoms with E-state index in [0.717, 1.165) is 39.0 Å². The van der Waals surface area contributed by atoms with E-state index in [0.29, 0.717) is 0 Å². The van der Waals surface area contributed by atoms with Crippen LogP contribution in [0.15, 0.2) is 251 Å². The number of benzene rings is 10. The summed E-state index contributed by atoms with van der Waals surface area (Å²) in [5.41, 5.74) is 18.8. The molecule has 0 amide bonds. The molecule has 10 aromatic carbocycles. The van der Waals surface area contributed by atoms with Gasteiger partial charge in [-0.05, 0) is 115 Å². The molecule has 11 aromatic rings. The number of nitrogens with zero attached hydrogens (tertiary/aromatic N) is 1. The number of anilines is 3. The number of rotatable bonds is 5. The maximum Gasteiger partial charge on any atom is 0.159 e. The van der Waals surface area contributed by atoms with Crippen LogP contribution in [0.2, 0.25) is 0 Å². The fourth-order valence-corrected chi connectivity index (χ4v) is 11.8. The van der Waals surface area contributed by atoms with Crippen LogP contribution in [0.5, 0.6) is 0 Å². The molecule has 300 valence electrons. The summed E-state index contributed by atoms with van der Waals surface area (Å²) in [5.74, 6) is 0. The fraction of sp³-hybridized carbons (Fsp3) is 0.0164. The van der Waals surface area contributed by atoms with Crippen molar-refractivity contribution in [2.24, 2.45) is 0 Å². The summed E-state index contributed by atoms with van der Waals surface area (Å²) in [6.45, 7) is 0. The lowest BCUT2D eigenvalue weighted by atomic mass is 9.61. The van der Waals surface area contributed by atoms with Gasteiger partial charge >= 0.3 is 0 Å². The Morgan fingerprint density at radius 3 is 1.34 bits per heavy atom. The summed E-state index contributed by atoms with van der Waals surface area (Å²) >= 11 is 1.87. The number of fused-ring (bicyclic) bond motifs is 11. The second-order valence-corrected chi connectivity index (χ2v) is 17.8. The molecule has 0 saturated heterocycles. The second kappa shape index (κ2) is 14.6.